The Bertz CT molecular complexity index is 1190. The lowest BCUT2D eigenvalue weighted by molar-refractivity contribution is -0.137. The Kier molecular flexibility index (Phi) is 5.71. The molecular formula is C26H24F3NO2. The van der Waals surface area contributed by atoms with Crippen molar-refractivity contribution in [1.82, 2.24) is 4.57 Å². The largest absolute Gasteiger partial charge is 0.478 e. The number of carbonyl (C=O) groups is 1. The van der Waals surface area contributed by atoms with E-state index in [0.717, 1.165) is 49.1 Å². The summed E-state index contributed by atoms with van der Waals surface area (Å²) in [5.74, 6) is -0.712. The number of halogens is 3. The Labute approximate surface area is 184 Å². The van der Waals surface area contributed by atoms with Crippen molar-refractivity contribution in [2.45, 2.75) is 38.8 Å². The third-order valence-electron chi connectivity index (χ3n) is 6.26. The molecule has 0 spiro atoms. The highest BCUT2D eigenvalue weighted by atomic mass is 19.4. The molecule has 1 N–H and O–H groups in total. The fraction of sp³-hybridized carbons (Fsp3) is 0.269. The van der Waals surface area contributed by atoms with E-state index in [-0.39, 0.29) is 5.56 Å². The minimum absolute atomic E-state index is 0.132. The van der Waals surface area contributed by atoms with E-state index in [4.69, 9.17) is 0 Å². The van der Waals surface area contributed by atoms with Gasteiger partial charge in [-0.3, -0.25) is 0 Å². The van der Waals surface area contributed by atoms with Crippen LogP contribution < -0.4 is 0 Å². The van der Waals surface area contributed by atoms with Crippen molar-refractivity contribution >= 4 is 5.97 Å². The van der Waals surface area contributed by atoms with Crippen LogP contribution in [0.3, 0.4) is 0 Å². The predicted molar refractivity (Wildman–Crippen MR) is 118 cm³/mol. The van der Waals surface area contributed by atoms with Crippen molar-refractivity contribution in [3.63, 3.8) is 0 Å². The molecule has 166 valence electrons. The number of aromatic carboxylic acids is 1. The molecule has 3 nitrogen and oxygen atoms in total. The summed E-state index contributed by atoms with van der Waals surface area (Å²) in [7, 11) is 0. The first-order valence-electron chi connectivity index (χ1n) is 10.6. The van der Waals surface area contributed by atoms with Crippen molar-refractivity contribution in [2.24, 2.45) is 5.92 Å². The van der Waals surface area contributed by atoms with Gasteiger partial charge in [0.15, 0.2) is 0 Å². The Morgan fingerprint density at radius 3 is 2.59 bits per heavy atom. The van der Waals surface area contributed by atoms with Crippen LogP contribution in [-0.4, -0.2) is 15.6 Å². The summed E-state index contributed by atoms with van der Waals surface area (Å²) >= 11 is 0. The number of alkyl halides is 3. The van der Waals surface area contributed by atoms with Gasteiger partial charge in [-0.1, -0.05) is 37.3 Å². The van der Waals surface area contributed by atoms with Crippen molar-refractivity contribution in [3.05, 3.63) is 89.1 Å². The van der Waals surface area contributed by atoms with E-state index < -0.39 is 17.7 Å². The zero-order chi connectivity index (χ0) is 23.0. The lowest BCUT2D eigenvalue weighted by atomic mass is 9.82. The van der Waals surface area contributed by atoms with Crippen LogP contribution in [0.1, 0.15) is 46.9 Å². The van der Waals surface area contributed by atoms with E-state index in [1.165, 1.54) is 17.7 Å². The summed E-state index contributed by atoms with van der Waals surface area (Å²) in [4.78, 5) is 11.5. The number of hydrogen-bond donors (Lipinski definition) is 1. The normalized spacial score (nSPS) is 15.9. The van der Waals surface area contributed by atoms with Gasteiger partial charge in [-0.05, 0) is 79.1 Å². The van der Waals surface area contributed by atoms with Crippen molar-refractivity contribution in [1.29, 1.82) is 0 Å². The van der Waals surface area contributed by atoms with E-state index >= 15 is 0 Å². The van der Waals surface area contributed by atoms with Gasteiger partial charge in [0.05, 0.1) is 16.8 Å². The van der Waals surface area contributed by atoms with Gasteiger partial charge >= 0.3 is 12.1 Å². The first kappa shape index (κ1) is 21.9. The smallest absolute Gasteiger partial charge is 0.416 e. The molecule has 2 aromatic carbocycles. The summed E-state index contributed by atoms with van der Waals surface area (Å²) < 4.78 is 42.0. The van der Waals surface area contributed by atoms with E-state index in [1.54, 1.807) is 24.3 Å². The molecule has 1 atom stereocenters. The molecule has 0 bridgehead atoms. The Hall–Kier alpha value is -3.28. The molecule has 6 heteroatoms. The summed E-state index contributed by atoms with van der Waals surface area (Å²) in [5.41, 5.74) is 4.39. The number of aromatic nitrogens is 1. The van der Waals surface area contributed by atoms with Crippen molar-refractivity contribution in [2.75, 3.05) is 0 Å². The first-order chi connectivity index (χ1) is 15.2. The highest BCUT2D eigenvalue weighted by Crippen LogP contribution is 2.39. The van der Waals surface area contributed by atoms with E-state index in [1.807, 2.05) is 10.6 Å². The fourth-order valence-electron chi connectivity index (χ4n) is 4.51. The zero-order valence-corrected chi connectivity index (χ0v) is 17.7. The third kappa shape index (κ3) is 4.09. The van der Waals surface area contributed by atoms with Gasteiger partial charge in [0.2, 0.25) is 0 Å². The van der Waals surface area contributed by atoms with Crippen LogP contribution in [0.25, 0.3) is 16.9 Å². The Morgan fingerprint density at radius 2 is 1.91 bits per heavy atom. The topological polar surface area (TPSA) is 42.2 Å². The molecule has 1 aliphatic rings. The quantitative estimate of drug-likeness (QED) is 0.438. The second-order valence-corrected chi connectivity index (χ2v) is 8.22. The third-order valence-corrected chi connectivity index (χ3v) is 6.26. The lowest BCUT2D eigenvalue weighted by Crippen LogP contribution is -2.17. The molecule has 0 radical (unpaired) electrons. The second kappa shape index (κ2) is 8.34. The van der Waals surface area contributed by atoms with Gasteiger partial charge in [0, 0.05) is 11.4 Å². The monoisotopic (exact) mass is 439 g/mol. The van der Waals surface area contributed by atoms with Gasteiger partial charge in [-0.15, -0.1) is 0 Å². The number of carboxylic acids is 1. The maximum Gasteiger partial charge on any atom is 0.416 e. The molecule has 4 rings (SSSR count). The molecule has 1 unspecified atom stereocenters. The highest BCUT2D eigenvalue weighted by Gasteiger charge is 2.31. The van der Waals surface area contributed by atoms with Crippen molar-refractivity contribution < 1.29 is 23.1 Å². The summed E-state index contributed by atoms with van der Waals surface area (Å²) in [6.07, 6.45) is -1.12. The SMILES string of the molecule is C=C(CC)C1CCc2c(cc(-c3cccc(C(F)(F)F)c3)n2-c2cccc(C(=O)O)c2)C1. The molecule has 32 heavy (non-hydrogen) atoms. The molecule has 0 amide bonds. The molecule has 1 aliphatic carbocycles. The van der Waals surface area contributed by atoms with Gasteiger partial charge in [0.25, 0.3) is 0 Å². The fourth-order valence-corrected chi connectivity index (χ4v) is 4.51. The zero-order valence-electron chi connectivity index (χ0n) is 17.7. The first-order valence-corrected chi connectivity index (χ1v) is 10.6. The maximum absolute atomic E-state index is 13.4. The molecule has 3 aromatic rings. The van der Waals surface area contributed by atoms with Gasteiger partial charge < -0.3 is 9.67 Å². The van der Waals surface area contributed by atoms with Crippen LogP contribution in [0.15, 0.2) is 66.7 Å². The Balaban J connectivity index is 1.90. The number of nitrogens with zero attached hydrogens (tertiary/aromatic N) is 1. The molecule has 1 heterocycles. The van der Waals surface area contributed by atoms with Crippen LogP contribution in [0.4, 0.5) is 13.2 Å². The van der Waals surface area contributed by atoms with E-state index in [0.29, 0.717) is 22.9 Å². The van der Waals surface area contributed by atoms with E-state index in [9.17, 15) is 23.1 Å². The molecule has 0 saturated heterocycles. The Morgan fingerprint density at radius 1 is 1.16 bits per heavy atom. The number of allylic oxidation sites excluding steroid dienone is 1. The average molecular weight is 439 g/mol. The molecule has 0 fully saturated rings. The van der Waals surface area contributed by atoms with Gasteiger partial charge in [-0.2, -0.15) is 13.2 Å². The molecular weight excluding hydrogens is 415 g/mol. The predicted octanol–water partition coefficient (Wildman–Crippen LogP) is 6.93. The second-order valence-electron chi connectivity index (χ2n) is 8.22. The van der Waals surface area contributed by atoms with E-state index in [2.05, 4.69) is 13.5 Å². The minimum Gasteiger partial charge on any atom is -0.478 e. The highest BCUT2D eigenvalue weighted by molar-refractivity contribution is 5.88. The summed E-state index contributed by atoms with van der Waals surface area (Å²) in [6.45, 7) is 6.27. The molecule has 1 aromatic heterocycles. The summed E-state index contributed by atoms with van der Waals surface area (Å²) in [5, 5.41) is 9.44. The van der Waals surface area contributed by atoms with Crippen LogP contribution in [-0.2, 0) is 19.0 Å². The summed E-state index contributed by atoms with van der Waals surface area (Å²) in [6, 6.07) is 13.8. The van der Waals surface area contributed by atoms with Crippen LogP contribution in [0.2, 0.25) is 0 Å². The number of hydrogen-bond acceptors (Lipinski definition) is 1. The van der Waals surface area contributed by atoms with Crippen LogP contribution >= 0.6 is 0 Å². The van der Waals surface area contributed by atoms with Crippen molar-refractivity contribution in [3.8, 4) is 16.9 Å². The number of carboxylic acid groups (broad SMARTS) is 1. The van der Waals surface area contributed by atoms with Crippen LogP contribution in [0.5, 0.6) is 0 Å². The van der Waals surface area contributed by atoms with Gasteiger partial charge in [0.1, 0.15) is 0 Å². The minimum atomic E-state index is -4.44. The maximum atomic E-state index is 13.4. The number of rotatable bonds is 5. The standard InChI is InChI=1S/C26H24F3NO2/c1-3-16(2)17-10-11-23-20(12-17)15-24(18-6-4-8-21(13-18)26(27,28)29)30(23)22-9-5-7-19(14-22)25(31)32/h4-9,13-15,17H,2-3,10-12H2,1H3,(H,31,32). The molecule has 0 aliphatic heterocycles. The lowest BCUT2D eigenvalue weighted by Gasteiger charge is -2.25. The number of fused-ring (bicyclic) bond motifs is 1. The van der Waals surface area contributed by atoms with Gasteiger partial charge in [-0.25, -0.2) is 4.79 Å². The number of benzene rings is 2. The van der Waals surface area contributed by atoms with Crippen LogP contribution in [0, 0.1) is 5.92 Å². The molecule has 0 saturated carbocycles. The average Bonchev–Trinajstić information content (AvgIpc) is 3.17.